The van der Waals surface area contributed by atoms with Crippen LogP contribution in [-0.2, 0) is 11.3 Å². The molecule has 1 aromatic heterocycles. The van der Waals surface area contributed by atoms with E-state index in [1.54, 1.807) is 19.4 Å². The van der Waals surface area contributed by atoms with E-state index in [1.165, 1.54) is 0 Å². The summed E-state index contributed by atoms with van der Waals surface area (Å²) >= 11 is 0. The molecule has 1 aromatic rings. The summed E-state index contributed by atoms with van der Waals surface area (Å²) in [5, 5.41) is 3.25. The lowest BCUT2D eigenvalue weighted by atomic mass is 10.3. The van der Waals surface area contributed by atoms with Gasteiger partial charge >= 0.3 is 0 Å². The van der Waals surface area contributed by atoms with Gasteiger partial charge in [0.05, 0.1) is 19.9 Å². The van der Waals surface area contributed by atoms with Crippen molar-refractivity contribution in [3.05, 3.63) is 60.8 Å². The van der Waals surface area contributed by atoms with Crippen molar-refractivity contribution in [1.29, 1.82) is 0 Å². The molecule has 3 heteroatoms. The third-order valence-electron chi connectivity index (χ3n) is 2.20. The van der Waals surface area contributed by atoms with Crippen LogP contribution in [0.3, 0.4) is 0 Å². The predicted octanol–water partition coefficient (Wildman–Crippen LogP) is 3.03. The van der Waals surface area contributed by atoms with E-state index in [0.717, 1.165) is 31.0 Å². The molecule has 0 aliphatic carbocycles. The summed E-state index contributed by atoms with van der Waals surface area (Å²) in [6.45, 7) is 5.23. The summed E-state index contributed by atoms with van der Waals surface area (Å²) in [5.74, 6) is 1.75. The standard InChI is InChI=1S/C14H19NO2/c1-3-13(16-2)8-5-4-6-10-15-12-14-9-7-11-17-14/h3-4,6-9,11,15H,1,5,10,12H2,2H3/b6-4+,13-8?. The normalized spacial score (nSPS) is 11.9. The Kier molecular flexibility index (Phi) is 6.60. The number of ether oxygens (including phenoxy) is 1. The Morgan fingerprint density at radius 3 is 3.06 bits per heavy atom. The maximum atomic E-state index is 5.20. The van der Waals surface area contributed by atoms with Crippen molar-refractivity contribution >= 4 is 0 Å². The van der Waals surface area contributed by atoms with Crippen LogP contribution < -0.4 is 5.32 Å². The molecule has 0 radical (unpaired) electrons. The zero-order valence-electron chi connectivity index (χ0n) is 10.2. The van der Waals surface area contributed by atoms with Crippen molar-refractivity contribution in [2.75, 3.05) is 13.7 Å². The Morgan fingerprint density at radius 1 is 1.53 bits per heavy atom. The fourth-order valence-electron chi connectivity index (χ4n) is 1.31. The number of methoxy groups -OCH3 is 1. The highest BCUT2D eigenvalue weighted by Crippen LogP contribution is 1.99. The van der Waals surface area contributed by atoms with Crippen LogP contribution >= 0.6 is 0 Å². The highest BCUT2D eigenvalue weighted by atomic mass is 16.5. The number of rotatable bonds is 8. The topological polar surface area (TPSA) is 34.4 Å². The number of hydrogen-bond acceptors (Lipinski definition) is 3. The van der Waals surface area contributed by atoms with Gasteiger partial charge in [-0.05, 0) is 30.7 Å². The maximum Gasteiger partial charge on any atom is 0.117 e. The monoisotopic (exact) mass is 233 g/mol. The van der Waals surface area contributed by atoms with Gasteiger partial charge in [-0.3, -0.25) is 0 Å². The van der Waals surface area contributed by atoms with Gasteiger partial charge in [0.15, 0.2) is 0 Å². The van der Waals surface area contributed by atoms with Crippen LogP contribution in [0.1, 0.15) is 12.2 Å². The molecule has 0 unspecified atom stereocenters. The lowest BCUT2D eigenvalue weighted by Gasteiger charge is -1.98. The predicted molar refractivity (Wildman–Crippen MR) is 69.5 cm³/mol. The first-order chi connectivity index (χ1) is 8.36. The van der Waals surface area contributed by atoms with Crippen LogP contribution in [0.4, 0.5) is 0 Å². The summed E-state index contributed by atoms with van der Waals surface area (Å²) in [7, 11) is 1.64. The SMILES string of the molecule is C=CC(=CC/C=C/CNCc1ccco1)OC. The third-order valence-corrected chi connectivity index (χ3v) is 2.20. The molecule has 0 aliphatic rings. The smallest absolute Gasteiger partial charge is 0.117 e. The molecule has 1 rings (SSSR count). The van der Waals surface area contributed by atoms with E-state index in [4.69, 9.17) is 9.15 Å². The molecule has 0 amide bonds. The average molecular weight is 233 g/mol. The van der Waals surface area contributed by atoms with Crippen molar-refractivity contribution in [3.8, 4) is 0 Å². The minimum absolute atomic E-state index is 0.753. The zero-order valence-corrected chi connectivity index (χ0v) is 10.2. The number of allylic oxidation sites excluding steroid dienone is 3. The molecule has 0 aliphatic heterocycles. The number of nitrogens with one attached hydrogen (secondary N) is 1. The summed E-state index contributed by atoms with van der Waals surface area (Å²) in [4.78, 5) is 0. The van der Waals surface area contributed by atoms with Crippen molar-refractivity contribution in [1.82, 2.24) is 5.32 Å². The first kappa shape index (κ1) is 13.3. The Balaban J connectivity index is 2.10. The molecule has 0 saturated carbocycles. The van der Waals surface area contributed by atoms with Gasteiger partial charge in [-0.25, -0.2) is 0 Å². The van der Waals surface area contributed by atoms with Crippen LogP contribution in [0, 0.1) is 0 Å². The maximum absolute atomic E-state index is 5.20. The van der Waals surface area contributed by atoms with Gasteiger partial charge in [0, 0.05) is 6.54 Å². The van der Waals surface area contributed by atoms with Gasteiger partial charge in [0.2, 0.25) is 0 Å². The summed E-state index contributed by atoms with van der Waals surface area (Å²) in [6, 6.07) is 3.84. The van der Waals surface area contributed by atoms with Gasteiger partial charge in [0.1, 0.15) is 11.5 Å². The highest BCUT2D eigenvalue weighted by Gasteiger charge is 1.91. The molecule has 1 heterocycles. The Bertz CT molecular complexity index is 364. The molecular formula is C14H19NO2. The minimum atomic E-state index is 0.753. The van der Waals surface area contributed by atoms with Crippen LogP contribution in [0.2, 0.25) is 0 Å². The van der Waals surface area contributed by atoms with E-state index in [1.807, 2.05) is 18.2 Å². The van der Waals surface area contributed by atoms with Crippen LogP contribution in [0.25, 0.3) is 0 Å². The van der Waals surface area contributed by atoms with E-state index in [0.29, 0.717) is 0 Å². The lowest BCUT2D eigenvalue weighted by molar-refractivity contribution is 0.306. The fraction of sp³-hybridized carbons (Fsp3) is 0.286. The first-order valence-electron chi connectivity index (χ1n) is 5.61. The molecule has 0 fully saturated rings. The van der Waals surface area contributed by atoms with E-state index in [2.05, 4.69) is 24.0 Å². The summed E-state index contributed by atoms with van der Waals surface area (Å²) < 4.78 is 10.3. The van der Waals surface area contributed by atoms with Crippen LogP contribution in [0.5, 0.6) is 0 Å². The molecule has 0 bridgehead atoms. The molecule has 0 spiro atoms. The number of hydrogen-bond donors (Lipinski definition) is 1. The molecule has 17 heavy (non-hydrogen) atoms. The first-order valence-corrected chi connectivity index (χ1v) is 5.61. The van der Waals surface area contributed by atoms with Crippen LogP contribution in [0.15, 0.2) is 59.5 Å². The quantitative estimate of drug-likeness (QED) is 0.324. The minimum Gasteiger partial charge on any atom is -0.497 e. The number of furan rings is 1. The van der Waals surface area contributed by atoms with E-state index in [-0.39, 0.29) is 0 Å². The van der Waals surface area contributed by atoms with Crippen molar-refractivity contribution in [3.63, 3.8) is 0 Å². The largest absolute Gasteiger partial charge is 0.497 e. The van der Waals surface area contributed by atoms with Gasteiger partial charge in [-0.2, -0.15) is 0 Å². The van der Waals surface area contributed by atoms with E-state index in [9.17, 15) is 0 Å². The molecule has 0 aromatic carbocycles. The molecule has 1 N–H and O–H groups in total. The second-order valence-corrected chi connectivity index (χ2v) is 3.43. The van der Waals surface area contributed by atoms with Gasteiger partial charge in [-0.15, -0.1) is 0 Å². The second kappa shape index (κ2) is 8.42. The summed E-state index contributed by atoms with van der Waals surface area (Å²) in [5.41, 5.74) is 0. The Hall–Kier alpha value is -1.74. The lowest BCUT2D eigenvalue weighted by Crippen LogP contribution is -2.11. The molecule has 0 atom stereocenters. The van der Waals surface area contributed by atoms with Gasteiger partial charge in [-0.1, -0.05) is 18.7 Å². The van der Waals surface area contributed by atoms with Crippen molar-refractivity contribution < 1.29 is 9.15 Å². The fourth-order valence-corrected chi connectivity index (χ4v) is 1.31. The summed E-state index contributed by atoms with van der Waals surface area (Å²) in [6.07, 6.45) is 10.4. The molecular weight excluding hydrogens is 214 g/mol. The van der Waals surface area contributed by atoms with Gasteiger partial charge in [0.25, 0.3) is 0 Å². The molecule has 92 valence electrons. The highest BCUT2D eigenvalue weighted by molar-refractivity contribution is 5.10. The van der Waals surface area contributed by atoms with Crippen molar-refractivity contribution in [2.24, 2.45) is 0 Å². The zero-order chi connectivity index (χ0) is 12.3. The van der Waals surface area contributed by atoms with Crippen LogP contribution in [-0.4, -0.2) is 13.7 Å². The molecule has 0 saturated heterocycles. The third kappa shape index (κ3) is 5.78. The van der Waals surface area contributed by atoms with E-state index >= 15 is 0 Å². The average Bonchev–Trinajstić information content (AvgIpc) is 2.86. The Morgan fingerprint density at radius 2 is 2.41 bits per heavy atom. The molecule has 3 nitrogen and oxygen atoms in total. The second-order valence-electron chi connectivity index (χ2n) is 3.43. The van der Waals surface area contributed by atoms with Crippen molar-refractivity contribution in [2.45, 2.75) is 13.0 Å². The Labute approximate surface area is 102 Å². The van der Waals surface area contributed by atoms with Gasteiger partial charge < -0.3 is 14.5 Å². The van der Waals surface area contributed by atoms with E-state index < -0.39 is 0 Å².